The largest absolute Gasteiger partial charge is 0.353 e. The molecular formula is C16H29O7P. The normalized spacial score (nSPS) is 34.8. The van der Waals surface area contributed by atoms with Crippen LogP contribution in [0.1, 0.15) is 34.6 Å². The maximum Gasteiger partial charge on any atom is 0.353 e. The molecule has 2 aliphatic rings. The summed E-state index contributed by atoms with van der Waals surface area (Å²) in [6.45, 7) is 9.81. The highest BCUT2D eigenvalue weighted by molar-refractivity contribution is 7.57. The van der Waals surface area contributed by atoms with Crippen LogP contribution < -0.4 is 0 Å². The van der Waals surface area contributed by atoms with Gasteiger partial charge in [0, 0.05) is 12.9 Å². The zero-order valence-electron chi connectivity index (χ0n) is 15.3. The molecule has 0 N–H and O–H groups in total. The zero-order chi connectivity index (χ0) is 18.0. The summed E-state index contributed by atoms with van der Waals surface area (Å²) in [6.07, 6.45) is 0.154. The van der Waals surface area contributed by atoms with Crippen molar-refractivity contribution in [1.82, 2.24) is 0 Å². The highest BCUT2D eigenvalue weighted by Crippen LogP contribution is 2.51. The van der Waals surface area contributed by atoms with Crippen molar-refractivity contribution in [3.63, 3.8) is 0 Å². The maximum absolute atomic E-state index is 12.8. The molecule has 0 saturated carbocycles. The average Bonchev–Trinajstić information content (AvgIpc) is 2.97. The van der Waals surface area contributed by atoms with Gasteiger partial charge < -0.3 is 28.0 Å². The fraction of sp³-hybridized carbons (Fsp3) is 0.875. The summed E-state index contributed by atoms with van der Waals surface area (Å²) < 4.78 is 46.5. The molecule has 0 spiro atoms. The molecular weight excluding hydrogens is 335 g/mol. The predicted octanol–water partition coefficient (Wildman–Crippen LogP) is 3.29. The Labute approximate surface area is 144 Å². The lowest BCUT2D eigenvalue weighted by atomic mass is 10.1. The topological polar surface area (TPSA) is 72.5 Å². The third-order valence-corrected chi connectivity index (χ3v) is 5.39. The van der Waals surface area contributed by atoms with Gasteiger partial charge in [0.15, 0.2) is 12.1 Å². The van der Waals surface area contributed by atoms with Gasteiger partial charge in [0.2, 0.25) is 0 Å². The van der Waals surface area contributed by atoms with Crippen molar-refractivity contribution < 1.29 is 32.6 Å². The number of allylic oxidation sites excluding steroid dienone is 1. The minimum absolute atomic E-state index is 0.0696. The summed E-state index contributed by atoms with van der Waals surface area (Å²) in [5.74, 6) is 1.05. The summed E-state index contributed by atoms with van der Waals surface area (Å²) in [4.78, 5) is 0. The second-order valence-electron chi connectivity index (χ2n) is 6.68. The molecule has 2 heterocycles. The second kappa shape index (κ2) is 7.96. The van der Waals surface area contributed by atoms with E-state index in [9.17, 15) is 4.57 Å². The molecule has 0 aliphatic carbocycles. The van der Waals surface area contributed by atoms with Gasteiger partial charge in [-0.05, 0) is 26.7 Å². The van der Waals surface area contributed by atoms with Crippen LogP contribution in [0.3, 0.4) is 0 Å². The van der Waals surface area contributed by atoms with Crippen LogP contribution in [-0.2, 0) is 32.6 Å². The van der Waals surface area contributed by atoms with Gasteiger partial charge in [-0.2, -0.15) is 0 Å². The first-order chi connectivity index (χ1) is 11.2. The third-order valence-electron chi connectivity index (χ3n) is 3.72. The molecule has 0 bridgehead atoms. The summed E-state index contributed by atoms with van der Waals surface area (Å²) in [6, 6.07) is 0. The average molecular weight is 364 g/mol. The molecule has 0 radical (unpaired) electrons. The Balaban J connectivity index is 2.02. The molecule has 0 aromatic carbocycles. The second-order valence-corrected chi connectivity index (χ2v) is 8.58. The van der Waals surface area contributed by atoms with E-state index in [-0.39, 0.29) is 24.7 Å². The number of hydrogen-bond donors (Lipinski definition) is 0. The van der Waals surface area contributed by atoms with Gasteiger partial charge >= 0.3 is 7.60 Å². The van der Waals surface area contributed by atoms with Crippen molar-refractivity contribution in [2.24, 2.45) is 5.92 Å². The Kier molecular flexibility index (Phi) is 6.65. The number of rotatable bonds is 8. The molecule has 2 saturated heterocycles. The van der Waals surface area contributed by atoms with E-state index < -0.39 is 25.8 Å². The van der Waals surface area contributed by atoms with Crippen LogP contribution in [0.15, 0.2) is 11.9 Å². The summed E-state index contributed by atoms with van der Waals surface area (Å²) in [7, 11) is -1.77. The van der Waals surface area contributed by atoms with E-state index in [1.54, 1.807) is 14.0 Å². The van der Waals surface area contributed by atoms with Crippen molar-refractivity contribution in [1.29, 1.82) is 0 Å². The van der Waals surface area contributed by atoms with E-state index in [1.165, 1.54) is 5.82 Å². The van der Waals surface area contributed by atoms with Gasteiger partial charge in [0.25, 0.3) is 0 Å². The first kappa shape index (κ1) is 20.0. The Hall–Kier alpha value is -0.270. The fourth-order valence-corrected chi connectivity index (χ4v) is 4.24. The van der Waals surface area contributed by atoms with E-state index in [1.807, 2.05) is 33.8 Å². The lowest BCUT2D eigenvalue weighted by Crippen LogP contribution is -2.32. The third kappa shape index (κ3) is 4.88. The van der Waals surface area contributed by atoms with Gasteiger partial charge in [0.05, 0.1) is 13.2 Å². The Bertz CT molecular complexity index is 491. The summed E-state index contributed by atoms with van der Waals surface area (Å²) in [5.41, 5.74) is 0. The first-order valence-corrected chi connectivity index (χ1v) is 9.93. The van der Waals surface area contributed by atoms with Crippen LogP contribution >= 0.6 is 7.60 Å². The maximum atomic E-state index is 12.8. The van der Waals surface area contributed by atoms with Gasteiger partial charge in [-0.1, -0.05) is 19.9 Å². The SMILES string of the molecule is CCOP(=O)(/C=C/C(C)C)OC[C@H]1O[C@@H](OC)[C@@H]2OC(C)(C)O[C@@H]21. The molecule has 24 heavy (non-hydrogen) atoms. The molecule has 2 rings (SSSR count). The van der Waals surface area contributed by atoms with E-state index in [2.05, 4.69) is 0 Å². The van der Waals surface area contributed by atoms with Crippen LogP contribution in [0.25, 0.3) is 0 Å². The Morgan fingerprint density at radius 3 is 2.46 bits per heavy atom. The first-order valence-electron chi connectivity index (χ1n) is 8.32. The number of hydrogen-bond acceptors (Lipinski definition) is 7. The van der Waals surface area contributed by atoms with E-state index in [0.29, 0.717) is 6.61 Å². The molecule has 8 heteroatoms. The van der Waals surface area contributed by atoms with Gasteiger partial charge in [-0.15, -0.1) is 0 Å². The van der Waals surface area contributed by atoms with Crippen LogP contribution in [-0.4, -0.2) is 50.7 Å². The Morgan fingerprint density at radius 1 is 1.21 bits per heavy atom. The van der Waals surface area contributed by atoms with Crippen LogP contribution in [0, 0.1) is 5.92 Å². The molecule has 0 aromatic rings. The van der Waals surface area contributed by atoms with E-state index >= 15 is 0 Å². The van der Waals surface area contributed by atoms with Crippen LogP contribution in [0.2, 0.25) is 0 Å². The minimum Gasteiger partial charge on any atom is -0.353 e. The highest BCUT2D eigenvalue weighted by atomic mass is 31.2. The molecule has 2 fully saturated rings. The smallest absolute Gasteiger partial charge is 0.353 e. The standard InChI is InChI=1S/C16H29O7P/c1-7-19-24(17,9-8-11(2)3)20-10-12-13-14(15(18-6)21-12)23-16(4,5)22-13/h8-9,11-15H,7,10H2,1-6H3/b9-8+/t12-,13-,14-,15-,24?/m1/s1. The molecule has 7 nitrogen and oxygen atoms in total. The molecule has 0 aromatic heterocycles. The molecule has 140 valence electrons. The summed E-state index contributed by atoms with van der Waals surface area (Å²) in [5, 5.41) is 0. The van der Waals surface area contributed by atoms with Crippen molar-refractivity contribution >= 4 is 7.60 Å². The monoisotopic (exact) mass is 364 g/mol. The van der Waals surface area contributed by atoms with Crippen molar-refractivity contribution in [3.05, 3.63) is 11.9 Å². The fourth-order valence-electron chi connectivity index (χ4n) is 2.72. The van der Waals surface area contributed by atoms with Gasteiger partial charge in [-0.3, -0.25) is 4.57 Å². The molecule has 0 amide bonds. The molecule has 1 unspecified atom stereocenters. The lowest BCUT2D eigenvalue weighted by Gasteiger charge is -2.24. The minimum atomic E-state index is -3.32. The van der Waals surface area contributed by atoms with E-state index in [4.69, 9.17) is 28.0 Å². The van der Waals surface area contributed by atoms with Crippen molar-refractivity contribution in [2.45, 2.75) is 65.0 Å². The highest BCUT2D eigenvalue weighted by Gasteiger charge is 2.55. The van der Waals surface area contributed by atoms with Gasteiger partial charge in [-0.25, -0.2) is 0 Å². The number of methoxy groups -OCH3 is 1. The van der Waals surface area contributed by atoms with Gasteiger partial charge in [0.1, 0.15) is 18.3 Å². The van der Waals surface area contributed by atoms with Crippen LogP contribution in [0.4, 0.5) is 0 Å². The number of fused-ring (bicyclic) bond motifs is 1. The van der Waals surface area contributed by atoms with Crippen molar-refractivity contribution in [3.8, 4) is 0 Å². The molecule has 2 aliphatic heterocycles. The van der Waals surface area contributed by atoms with E-state index in [0.717, 1.165) is 0 Å². The predicted molar refractivity (Wildman–Crippen MR) is 88.7 cm³/mol. The Morgan fingerprint density at radius 2 is 1.88 bits per heavy atom. The quantitative estimate of drug-likeness (QED) is 0.612. The van der Waals surface area contributed by atoms with Crippen molar-refractivity contribution in [2.75, 3.05) is 20.3 Å². The number of ether oxygens (including phenoxy) is 4. The lowest BCUT2D eigenvalue weighted by molar-refractivity contribution is -0.229. The zero-order valence-corrected chi connectivity index (χ0v) is 16.2. The summed E-state index contributed by atoms with van der Waals surface area (Å²) >= 11 is 0. The van der Waals surface area contributed by atoms with Crippen LogP contribution in [0.5, 0.6) is 0 Å². The molecule has 5 atom stereocenters.